The van der Waals surface area contributed by atoms with Gasteiger partial charge in [0.1, 0.15) is 16.4 Å². The number of nitrogens with zero attached hydrogens (tertiary/aromatic N) is 3. The Morgan fingerprint density at radius 2 is 1.57 bits per heavy atom. The van der Waals surface area contributed by atoms with Crippen molar-refractivity contribution in [2.45, 2.75) is 4.90 Å². The van der Waals surface area contributed by atoms with Gasteiger partial charge in [0, 0.05) is 45.8 Å². The maximum Gasteiger partial charge on any atom is 0.254 e. The van der Waals surface area contributed by atoms with E-state index in [0.29, 0.717) is 31.7 Å². The van der Waals surface area contributed by atoms with Gasteiger partial charge in [0.15, 0.2) is 0 Å². The van der Waals surface area contributed by atoms with E-state index in [9.17, 15) is 13.2 Å². The Bertz CT molecular complexity index is 1020. The Labute approximate surface area is 177 Å². The molecule has 2 aromatic rings. The SMILES string of the molecule is COc1ccccc1N1CCN(C(=O)c2ccc(OC)c(S(=O)(=O)N(C)C)c2)CC1. The summed E-state index contributed by atoms with van der Waals surface area (Å²) in [5.41, 5.74) is 1.32. The first-order valence-corrected chi connectivity index (χ1v) is 11.0. The molecule has 0 aromatic heterocycles. The molecule has 30 heavy (non-hydrogen) atoms. The van der Waals surface area contributed by atoms with E-state index in [1.807, 2.05) is 24.3 Å². The topological polar surface area (TPSA) is 79.4 Å². The lowest BCUT2D eigenvalue weighted by Crippen LogP contribution is -2.48. The molecule has 3 rings (SSSR count). The lowest BCUT2D eigenvalue weighted by atomic mass is 10.1. The standard InChI is InChI=1S/C21H27N3O5S/c1-22(2)30(26,27)20-15-16(9-10-19(20)29-4)21(25)24-13-11-23(12-14-24)17-7-5-6-8-18(17)28-3/h5-10,15H,11-14H2,1-4H3. The number of piperazine rings is 1. The third kappa shape index (κ3) is 4.22. The number of benzene rings is 2. The molecule has 8 nitrogen and oxygen atoms in total. The molecule has 0 saturated carbocycles. The van der Waals surface area contributed by atoms with Crippen molar-refractivity contribution in [3.63, 3.8) is 0 Å². The van der Waals surface area contributed by atoms with Crippen molar-refractivity contribution < 1.29 is 22.7 Å². The summed E-state index contributed by atoms with van der Waals surface area (Å²) in [7, 11) is 2.19. The Hall–Kier alpha value is -2.78. The molecule has 1 heterocycles. The van der Waals surface area contributed by atoms with Crippen LogP contribution in [0.4, 0.5) is 5.69 Å². The summed E-state index contributed by atoms with van der Waals surface area (Å²) < 4.78 is 37.0. The number of ether oxygens (including phenoxy) is 2. The molecule has 162 valence electrons. The normalized spacial score (nSPS) is 14.7. The smallest absolute Gasteiger partial charge is 0.254 e. The van der Waals surface area contributed by atoms with Gasteiger partial charge in [-0.3, -0.25) is 4.79 Å². The molecule has 1 aliphatic rings. The minimum absolute atomic E-state index is 0.0199. The van der Waals surface area contributed by atoms with Crippen LogP contribution in [0, 0.1) is 0 Å². The van der Waals surface area contributed by atoms with Crippen molar-refractivity contribution >= 4 is 21.6 Å². The number of sulfonamides is 1. The van der Waals surface area contributed by atoms with Gasteiger partial charge in [-0.15, -0.1) is 0 Å². The summed E-state index contributed by atoms with van der Waals surface area (Å²) in [4.78, 5) is 16.9. The van der Waals surface area contributed by atoms with Crippen LogP contribution in [0.2, 0.25) is 0 Å². The molecule has 0 radical (unpaired) electrons. The van der Waals surface area contributed by atoms with E-state index in [4.69, 9.17) is 9.47 Å². The predicted octanol–water partition coefficient (Wildman–Crippen LogP) is 1.92. The summed E-state index contributed by atoms with van der Waals surface area (Å²) in [6.07, 6.45) is 0. The largest absolute Gasteiger partial charge is 0.495 e. The summed E-state index contributed by atoms with van der Waals surface area (Å²) in [6, 6.07) is 12.3. The lowest BCUT2D eigenvalue weighted by molar-refractivity contribution is 0.0746. The van der Waals surface area contributed by atoms with Crippen molar-refractivity contribution in [1.82, 2.24) is 9.21 Å². The third-order valence-corrected chi connectivity index (χ3v) is 7.00. The second kappa shape index (κ2) is 8.93. The van der Waals surface area contributed by atoms with Crippen molar-refractivity contribution in [2.24, 2.45) is 0 Å². The fraction of sp³-hybridized carbons (Fsp3) is 0.381. The van der Waals surface area contributed by atoms with E-state index in [2.05, 4.69) is 4.90 Å². The molecule has 0 aliphatic carbocycles. The van der Waals surface area contributed by atoms with Gasteiger partial charge < -0.3 is 19.3 Å². The molecule has 0 unspecified atom stereocenters. The van der Waals surface area contributed by atoms with Crippen LogP contribution in [-0.2, 0) is 10.0 Å². The second-order valence-corrected chi connectivity index (χ2v) is 9.22. The maximum atomic E-state index is 13.0. The Balaban J connectivity index is 1.78. The minimum atomic E-state index is -3.74. The van der Waals surface area contributed by atoms with E-state index in [-0.39, 0.29) is 16.6 Å². The predicted molar refractivity (Wildman–Crippen MR) is 115 cm³/mol. The van der Waals surface area contributed by atoms with Crippen LogP contribution in [0.15, 0.2) is 47.4 Å². The van der Waals surface area contributed by atoms with Crippen LogP contribution in [0.3, 0.4) is 0 Å². The van der Waals surface area contributed by atoms with Gasteiger partial charge in [-0.05, 0) is 30.3 Å². The van der Waals surface area contributed by atoms with Gasteiger partial charge in [-0.2, -0.15) is 0 Å². The Morgan fingerprint density at radius 1 is 0.933 bits per heavy atom. The fourth-order valence-electron chi connectivity index (χ4n) is 3.43. The quantitative estimate of drug-likeness (QED) is 0.693. The molecule has 1 aliphatic heterocycles. The molecular formula is C21H27N3O5S. The van der Waals surface area contributed by atoms with Crippen LogP contribution in [0.25, 0.3) is 0 Å². The van der Waals surface area contributed by atoms with E-state index in [0.717, 1.165) is 15.7 Å². The van der Waals surface area contributed by atoms with Crippen LogP contribution in [0.1, 0.15) is 10.4 Å². The number of carbonyl (C=O) groups is 1. The number of methoxy groups -OCH3 is 2. The number of amides is 1. The van der Waals surface area contributed by atoms with Crippen LogP contribution < -0.4 is 14.4 Å². The zero-order valence-electron chi connectivity index (χ0n) is 17.7. The van der Waals surface area contributed by atoms with E-state index >= 15 is 0 Å². The maximum absolute atomic E-state index is 13.0. The highest BCUT2D eigenvalue weighted by Crippen LogP contribution is 2.30. The highest BCUT2D eigenvalue weighted by molar-refractivity contribution is 7.89. The van der Waals surface area contributed by atoms with Crippen LogP contribution >= 0.6 is 0 Å². The minimum Gasteiger partial charge on any atom is -0.495 e. The molecule has 0 bridgehead atoms. The summed E-state index contributed by atoms with van der Waals surface area (Å²) in [5, 5.41) is 0. The highest BCUT2D eigenvalue weighted by atomic mass is 32.2. The van der Waals surface area contributed by atoms with Gasteiger partial charge in [-0.1, -0.05) is 12.1 Å². The zero-order valence-corrected chi connectivity index (χ0v) is 18.5. The number of carbonyl (C=O) groups excluding carboxylic acids is 1. The van der Waals surface area contributed by atoms with Gasteiger partial charge in [0.05, 0.1) is 19.9 Å². The zero-order chi connectivity index (χ0) is 21.9. The van der Waals surface area contributed by atoms with Gasteiger partial charge >= 0.3 is 0 Å². The number of para-hydroxylation sites is 2. The molecular weight excluding hydrogens is 406 g/mol. The van der Waals surface area contributed by atoms with Crippen LogP contribution in [0.5, 0.6) is 11.5 Å². The van der Waals surface area contributed by atoms with Gasteiger partial charge in [-0.25, -0.2) is 12.7 Å². The summed E-state index contributed by atoms with van der Waals surface area (Å²) in [5.74, 6) is 0.805. The summed E-state index contributed by atoms with van der Waals surface area (Å²) >= 11 is 0. The molecule has 0 spiro atoms. The second-order valence-electron chi connectivity index (χ2n) is 7.10. The number of hydrogen-bond acceptors (Lipinski definition) is 6. The lowest BCUT2D eigenvalue weighted by Gasteiger charge is -2.36. The Morgan fingerprint density at radius 3 is 2.17 bits per heavy atom. The average molecular weight is 434 g/mol. The number of hydrogen-bond donors (Lipinski definition) is 0. The van der Waals surface area contributed by atoms with Gasteiger partial charge in [0.25, 0.3) is 5.91 Å². The van der Waals surface area contributed by atoms with Crippen LogP contribution in [-0.4, -0.2) is 78.0 Å². The first kappa shape index (κ1) is 21.9. The number of rotatable bonds is 6. The van der Waals surface area contributed by atoms with Crippen molar-refractivity contribution in [3.05, 3.63) is 48.0 Å². The Kier molecular flexibility index (Phi) is 6.52. The first-order chi connectivity index (χ1) is 14.3. The van der Waals surface area contributed by atoms with Gasteiger partial charge in [0.2, 0.25) is 10.0 Å². The molecule has 1 saturated heterocycles. The molecule has 1 fully saturated rings. The monoisotopic (exact) mass is 433 g/mol. The molecule has 9 heteroatoms. The molecule has 1 amide bonds. The van der Waals surface area contributed by atoms with E-state index < -0.39 is 10.0 Å². The van der Waals surface area contributed by atoms with E-state index in [1.54, 1.807) is 18.1 Å². The molecule has 0 atom stereocenters. The average Bonchev–Trinajstić information content (AvgIpc) is 2.78. The third-order valence-electron chi connectivity index (χ3n) is 5.16. The first-order valence-electron chi connectivity index (χ1n) is 9.57. The van der Waals surface area contributed by atoms with Crippen molar-refractivity contribution in [1.29, 1.82) is 0 Å². The summed E-state index contributed by atoms with van der Waals surface area (Å²) in [6.45, 7) is 2.37. The molecule has 0 N–H and O–H groups in total. The highest BCUT2D eigenvalue weighted by Gasteiger charge is 2.27. The van der Waals surface area contributed by atoms with Crippen molar-refractivity contribution in [2.75, 3.05) is 59.4 Å². The molecule has 2 aromatic carbocycles. The number of anilines is 1. The fourth-order valence-corrected chi connectivity index (χ4v) is 4.51. The van der Waals surface area contributed by atoms with Crippen molar-refractivity contribution in [3.8, 4) is 11.5 Å². The van der Waals surface area contributed by atoms with E-state index in [1.165, 1.54) is 33.3 Å².